The Balaban J connectivity index is 1.80. The predicted molar refractivity (Wildman–Crippen MR) is 101 cm³/mol. The Morgan fingerprint density at radius 2 is 1.70 bits per heavy atom. The zero-order chi connectivity index (χ0) is 19.1. The summed E-state index contributed by atoms with van der Waals surface area (Å²) < 4.78 is 5.20. The number of hydrogen-bond acceptors (Lipinski definition) is 4. The van der Waals surface area contributed by atoms with Crippen molar-refractivity contribution < 1.29 is 19.1 Å². The van der Waals surface area contributed by atoms with Gasteiger partial charge in [-0.2, -0.15) is 0 Å². The number of furan rings is 1. The van der Waals surface area contributed by atoms with Gasteiger partial charge < -0.3 is 20.2 Å². The molecule has 6 nitrogen and oxygen atoms in total. The third kappa shape index (κ3) is 5.09. The van der Waals surface area contributed by atoms with Crippen molar-refractivity contribution in [1.82, 2.24) is 10.6 Å². The summed E-state index contributed by atoms with van der Waals surface area (Å²) in [5.41, 5.74) is 1.18. The first-order valence-corrected chi connectivity index (χ1v) is 8.29. The Morgan fingerprint density at radius 3 is 2.37 bits per heavy atom. The Bertz CT molecular complexity index is 930. The quantitative estimate of drug-likeness (QED) is 0.588. The van der Waals surface area contributed by atoms with Gasteiger partial charge in [0.2, 0.25) is 0 Å². The molecule has 0 spiro atoms. The smallest absolute Gasteiger partial charge is 0.268 e. The van der Waals surface area contributed by atoms with Gasteiger partial charge in [-0.1, -0.05) is 30.3 Å². The van der Waals surface area contributed by atoms with Gasteiger partial charge in [-0.3, -0.25) is 9.59 Å². The second-order valence-corrected chi connectivity index (χ2v) is 5.73. The normalized spacial score (nSPS) is 11.0. The van der Waals surface area contributed by atoms with E-state index in [1.807, 2.05) is 0 Å². The maximum absolute atomic E-state index is 12.6. The molecule has 2 amide bonds. The SMILES string of the molecule is O=C(NCc1ccco1)/C(=C\c1ccc(O)cc1)NC(=O)c1ccccc1. The number of rotatable bonds is 6. The number of phenolic OH excluding ortho intramolecular Hbond substituents is 1. The molecule has 1 heterocycles. The fourth-order valence-corrected chi connectivity index (χ4v) is 2.36. The fourth-order valence-electron chi connectivity index (χ4n) is 2.36. The van der Waals surface area contributed by atoms with Gasteiger partial charge in [-0.25, -0.2) is 0 Å². The van der Waals surface area contributed by atoms with E-state index in [-0.39, 0.29) is 18.0 Å². The molecule has 0 unspecified atom stereocenters. The third-order valence-corrected chi connectivity index (χ3v) is 3.74. The average molecular weight is 362 g/mol. The highest BCUT2D eigenvalue weighted by Gasteiger charge is 2.15. The van der Waals surface area contributed by atoms with E-state index < -0.39 is 11.8 Å². The van der Waals surface area contributed by atoms with Gasteiger partial charge in [0.1, 0.15) is 17.2 Å². The molecule has 136 valence electrons. The van der Waals surface area contributed by atoms with Crippen LogP contribution in [-0.2, 0) is 11.3 Å². The Kier molecular flexibility index (Phi) is 5.69. The van der Waals surface area contributed by atoms with Crippen LogP contribution in [0.15, 0.2) is 83.1 Å². The number of phenols is 1. The van der Waals surface area contributed by atoms with Gasteiger partial charge in [0.05, 0.1) is 12.8 Å². The lowest BCUT2D eigenvalue weighted by molar-refractivity contribution is -0.118. The van der Waals surface area contributed by atoms with Crippen molar-refractivity contribution in [3.05, 3.63) is 95.6 Å². The van der Waals surface area contributed by atoms with Crippen molar-refractivity contribution in [2.24, 2.45) is 0 Å². The lowest BCUT2D eigenvalue weighted by Crippen LogP contribution is -2.34. The zero-order valence-electron chi connectivity index (χ0n) is 14.4. The highest BCUT2D eigenvalue weighted by atomic mass is 16.3. The first kappa shape index (κ1) is 18.0. The van der Waals surface area contributed by atoms with Crippen LogP contribution in [0.25, 0.3) is 6.08 Å². The largest absolute Gasteiger partial charge is 0.508 e. The molecule has 1 aromatic heterocycles. The van der Waals surface area contributed by atoms with Crippen molar-refractivity contribution in [3.63, 3.8) is 0 Å². The van der Waals surface area contributed by atoms with E-state index in [0.717, 1.165) is 0 Å². The zero-order valence-corrected chi connectivity index (χ0v) is 14.4. The number of benzene rings is 2. The molecule has 0 atom stereocenters. The van der Waals surface area contributed by atoms with E-state index in [2.05, 4.69) is 10.6 Å². The van der Waals surface area contributed by atoms with E-state index in [1.54, 1.807) is 54.6 Å². The number of carbonyl (C=O) groups excluding carboxylic acids is 2. The molecule has 0 saturated heterocycles. The van der Waals surface area contributed by atoms with Crippen LogP contribution in [-0.4, -0.2) is 16.9 Å². The summed E-state index contributed by atoms with van der Waals surface area (Å²) in [6, 6.07) is 18.4. The molecule has 0 radical (unpaired) electrons. The first-order valence-electron chi connectivity index (χ1n) is 8.29. The Morgan fingerprint density at radius 1 is 0.963 bits per heavy atom. The van der Waals surface area contributed by atoms with Crippen molar-refractivity contribution in [1.29, 1.82) is 0 Å². The van der Waals surface area contributed by atoms with Gasteiger partial charge in [0.25, 0.3) is 11.8 Å². The maximum atomic E-state index is 12.6. The lowest BCUT2D eigenvalue weighted by Gasteiger charge is -2.11. The van der Waals surface area contributed by atoms with Gasteiger partial charge in [-0.05, 0) is 48.0 Å². The standard InChI is InChI=1S/C21H18N2O4/c24-17-10-8-15(9-11-17)13-19(21(26)22-14-18-7-4-12-27-18)23-20(25)16-5-2-1-3-6-16/h1-13,24H,14H2,(H,22,26)(H,23,25)/b19-13+. The molecule has 0 saturated carbocycles. The van der Waals surface area contributed by atoms with E-state index in [4.69, 9.17) is 4.42 Å². The molecule has 0 aliphatic rings. The van der Waals surface area contributed by atoms with E-state index in [1.165, 1.54) is 24.5 Å². The van der Waals surface area contributed by atoms with Crippen LogP contribution in [0.1, 0.15) is 21.7 Å². The van der Waals surface area contributed by atoms with Crippen LogP contribution >= 0.6 is 0 Å². The first-order chi connectivity index (χ1) is 13.1. The highest BCUT2D eigenvalue weighted by Crippen LogP contribution is 2.13. The summed E-state index contributed by atoms with van der Waals surface area (Å²) >= 11 is 0. The van der Waals surface area contributed by atoms with Gasteiger partial charge >= 0.3 is 0 Å². The van der Waals surface area contributed by atoms with Crippen molar-refractivity contribution >= 4 is 17.9 Å². The number of amides is 2. The number of nitrogens with one attached hydrogen (secondary N) is 2. The highest BCUT2D eigenvalue weighted by molar-refractivity contribution is 6.05. The van der Waals surface area contributed by atoms with Crippen LogP contribution < -0.4 is 10.6 Å². The van der Waals surface area contributed by atoms with E-state index in [0.29, 0.717) is 16.9 Å². The molecule has 27 heavy (non-hydrogen) atoms. The van der Waals surface area contributed by atoms with Crippen LogP contribution in [0, 0.1) is 0 Å². The van der Waals surface area contributed by atoms with Crippen LogP contribution in [0.3, 0.4) is 0 Å². The second kappa shape index (κ2) is 8.53. The third-order valence-electron chi connectivity index (χ3n) is 3.74. The summed E-state index contributed by atoms with van der Waals surface area (Å²) in [7, 11) is 0. The number of hydrogen-bond donors (Lipinski definition) is 3. The van der Waals surface area contributed by atoms with E-state index >= 15 is 0 Å². The molecule has 0 aliphatic carbocycles. The van der Waals surface area contributed by atoms with Crippen molar-refractivity contribution in [2.75, 3.05) is 0 Å². The van der Waals surface area contributed by atoms with E-state index in [9.17, 15) is 14.7 Å². The van der Waals surface area contributed by atoms with Crippen LogP contribution in [0.2, 0.25) is 0 Å². The van der Waals surface area contributed by atoms with Gasteiger partial charge in [-0.15, -0.1) is 0 Å². The molecule has 2 aromatic carbocycles. The predicted octanol–water partition coefficient (Wildman–Crippen LogP) is 3.07. The summed E-state index contributed by atoms with van der Waals surface area (Å²) in [4.78, 5) is 25.0. The molecule has 0 fully saturated rings. The van der Waals surface area contributed by atoms with Crippen LogP contribution in [0.4, 0.5) is 0 Å². The summed E-state index contributed by atoms with van der Waals surface area (Å²) in [6.45, 7) is 0.194. The summed E-state index contributed by atoms with van der Waals surface area (Å²) in [5, 5.41) is 14.8. The summed E-state index contributed by atoms with van der Waals surface area (Å²) in [6.07, 6.45) is 3.06. The molecule has 3 N–H and O–H groups in total. The maximum Gasteiger partial charge on any atom is 0.268 e. The number of carbonyl (C=O) groups is 2. The molecule has 6 heteroatoms. The Hall–Kier alpha value is -3.80. The topological polar surface area (TPSA) is 91.6 Å². The van der Waals surface area contributed by atoms with Gasteiger partial charge in [0.15, 0.2) is 0 Å². The fraction of sp³-hybridized carbons (Fsp3) is 0.0476. The molecule has 0 aliphatic heterocycles. The Labute approximate surface area is 156 Å². The second-order valence-electron chi connectivity index (χ2n) is 5.73. The minimum atomic E-state index is -0.455. The minimum Gasteiger partial charge on any atom is -0.508 e. The van der Waals surface area contributed by atoms with Crippen molar-refractivity contribution in [3.8, 4) is 5.75 Å². The van der Waals surface area contributed by atoms with Crippen LogP contribution in [0.5, 0.6) is 5.75 Å². The molecule has 3 aromatic rings. The van der Waals surface area contributed by atoms with Gasteiger partial charge in [0, 0.05) is 5.56 Å². The monoisotopic (exact) mass is 362 g/mol. The molecular weight excluding hydrogens is 344 g/mol. The average Bonchev–Trinajstić information content (AvgIpc) is 3.21. The molecular formula is C21H18N2O4. The van der Waals surface area contributed by atoms with Crippen molar-refractivity contribution in [2.45, 2.75) is 6.54 Å². The lowest BCUT2D eigenvalue weighted by atomic mass is 10.1. The summed E-state index contributed by atoms with van der Waals surface area (Å²) in [5.74, 6) is -0.136. The molecule has 3 rings (SSSR count). The molecule has 0 bridgehead atoms. The minimum absolute atomic E-state index is 0.0844. The number of aromatic hydroxyl groups is 1.